The Morgan fingerprint density at radius 3 is 2.45 bits per heavy atom. The Morgan fingerprint density at radius 2 is 1.86 bits per heavy atom. The molecule has 22 heavy (non-hydrogen) atoms. The van der Waals surface area contributed by atoms with Crippen LogP contribution in [0.25, 0.3) is 0 Å². The second-order valence-electron chi connectivity index (χ2n) is 6.30. The smallest absolute Gasteiger partial charge is 0.161 e. The number of hydrogen-bond donors (Lipinski definition) is 0. The van der Waals surface area contributed by atoms with Crippen LogP contribution in [0.1, 0.15) is 26.3 Å². The summed E-state index contributed by atoms with van der Waals surface area (Å²) in [5, 5.41) is 0. The minimum absolute atomic E-state index is 0.0420. The fourth-order valence-electron chi connectivity index (χ4n) is 2.34. The average Bonchev–Trinajstić information content (AvgIpc) is 2.48. The van der Waals surface area contributed by atoms with Crippen molar-refractivity contribution in [2.45, 2.75) is 32.9 Å². The Labute approximate surface area is 142 Å². The van der Waals surface area contributed by atoms with Gasteiger partial charge in [0.05, 0.1) is 26.8 Å². The number of nitrogens with zero attached hydrogens (tertiary/aromatic N) is 2. The van der Waals surface area contributed by atoms with Crippen LogP contribution in [-0.4, -0.2) is 46.4 Å². The molecule has 1 saturated heterocycles. The van der Waals surface area contributed by atoms with Crippen LogP contribution >= 0.6 is 24.0 Å². The van der Waals surface area contributed by atoms with E-state index in [0.29, 0.717) is 0 Å². The lowest BCUT2D eigenvalue weighted by Crippen LogP contribution is -2.52. The molecule has 6 heteroatoms. The predicted molar refractivity (Wildman–Crippen MR) is 96.6 cm³/mol. The van der Waals surface area contributed by atoms with E-state index in [1.54, 1.807) is 26.0 Å². The van der Waals surface area contributed by atoms with E-state index in [2.05, 4.69) is 36.6 Å². The van der Waals surface area contributed by atoms with E-state index < -0.39 is 0 Å². The van der Waals surface area contributed by atoms with Crippen molar-refractivity contribution in [3.8, 4) is 11.5 Å². The summed E-state index contributed by atoms with van der Waals surface area (Å²) >= 11 is 7.22. The van der Waals surface area contributed by atoms with Crippen molar-refractivity contribution >= 4 is 28.3 Å². The molecule has 0 saturated carbocycles. The van der Waals surface area contributed by atoms with Crippen molar-refractivity contribution in [2.24, 2.45) is 0 Å². The Kier molecular flexibility index (Phi) is 5.58. The molecule has 0 amide bonds. The molecule has 0 N–H and O–H groups in total. The fourth-order valence-corrected chi connectivity index (χ4v) is 3.78. The molecule has 0 spiro atoms. The zero-order valence-corrected chi connectivity index (χ0v) is 15.5. The van der Waals surface area contributed by atoms with Crippen molar-refractivity contribution < 1.29 is 9.47 Å². The topological polar surface area (TPSA) is 24.9 Å². The highest BCUT2D eigenvalue weighted by molar-refractivity contribution is 8.22. The van der Waals surface area contributed by atoms with Gasteiger partial charge in [0.25, 0.3) is 0 Å². The Morgan fingerprint density at radius 1 is 1.18 bits per heavy atom. The van der Waals surface area contributed by atoms with Crippen LogP contribution in [0, 0.1) is 0 Å². The summed E-state index contributed by atoms with van der Waals surface area (Å²) in [6.45, 7) is 8.30. The van der Waals surface area contributed by atoms with Gasteiger partial charge in [-0.1, -0.05) is 30.0 Å². The van der Waals surface area contributed by atoms with E-state index in [0.717, 1.165) is 34.9 Å². The largest absolute Gasteiger partial charge is 0.493 e. The summed E-state index contributed by atoms with van der Waals surface area (Å²) in [6, 6.07) is 6.08. The first-order chi connectivity index (χ1) is 10.3. The molecule has 1 fully saturated rings. The first-order valence-corrected chi connectivity index (χ1v) is 8.62. The van der Waals surface area contributed by atoms with E-state index in [1.807, 2.05) is 12.1 Å². The monoisotopic (exact) mass is 340 g/mol. The molecule has 0 unspecified atom stereocenters. The summed E-state index contributed by atoms with van der Waals surface area (Å²) in [6.07, 6.45) is 0. The van der Waals surface area contributed by atoms with E-state index in [1.165, 1.54) is 5.56 Å². The van der Waals surface area contributed by atoms with E-state index in [9.17, 15) is 0 Å². The van der Waals surface area contributed by atoms with Crippen molar-refractivity contribution in [3.63, 3.8) is 0 Å². The van der Waals surface area contributed by atoms with E-state index in [-0.39, 0.29) is 5.54 Å². The summed E-state index contributed by atoms with van der Waals surface area (Å²) in [5.41, 5.74) is 1.25. The lowest BCUT2D eigenvalue weighted by atomic mass is 10.1. The molecular formula is C16H24N2O2S2. The number of hydrogen-bond acceptors (Lipinski definition) is 5. The molecule has 1 aromatic rings. The average molecular weight is 341 g/mol. The van der Waals surface area contributed by atoms with Crippen LogP contribution in [0.2, 0.25) is 0 Å². The Bertz CT molecular complexity index is 543. The van der Waals surface area contributed by atoms with Crippen molar-refractivity contribution in [1.29, 1.82) is 0 Å². The molecule has 4 nitrogen and oxygen atoms in total. The van der Waals surface area contributed by atoms with Gasteiger partial charge in [0.1, 0.15) is 4.32 Å². The quantitative estimate of drug-likeness (QED) is 0.777. The van der Waals surface area contributed by atoms with Gasteiger partial charge < -0.3 is 14.4 Å². The second kappa shape index (κ2) is 7.06. The minimum Gasteiger partial charge on any atom is -0.493 e. The molecule has 0 aromatic heterocycles. The second-order valence-corrected chi connectivity index (χ2v) is 7.88. The molecular weight excluding hydrogens is 316 g/mol. The van der Waals surface area contributed by atoms with Crippen molar-refractivity contribution in [2.75, 3.05) is 26.8 Å². The first kappa shape index (κ1) is 17.4. The van der Waals surface area contributed by atoms with E-state index in [4.69, 9.17) is 21.7 Å². The lowest BCUT2D eigenvalue weighted by molar-refractivity contribution is 0.133. The Balaban J connectivity index is 2.09. The Hall–Kier alpha value is -0.980. The van der Waals surface area contributed by atoms with Gasteiger partial charge in [-0.3, -0.25) is 4.90 Å². The SMILES string of the molecule is COc1ccc(CN2CSC(=S)N(C(C)(C)C)C2)cc1OC. The van der Waals surface area contributed by atoms with Crippen molar-refractivity contribution in [1.82, 2.24) is 9.80 Å². The zero-order valence-electron chi connectivity index (χ0n) is 13.9. The number of rotatable bonds is 4. The highest BCUT2D eigenvalue weighted by Crippen LogP contribution is 2.30. The fraction of sp³-hybridized carbons (Fsp3) is 0.562. The predicted octanol–water partition coefficient (Wildman–Crippen LogP) is 3.55. The maximum Gasteiger partial charge on any atom is 0.161 e. The van der Waals surface area contributed by atoms with Crippen LogP contribution in [-0.2, 0) is 6.54 Å². The summed E-state index contributed by atoms with van der Waals surface area (Å²) in [5.74, 6) is 2.45. The maximum atomic E-state index is 5.49. The molecule has 0 radical (unpaired) electrons. The minimum atomic E-state index is 0.0420. The number of thiocarbonyl (C=S) groups is 1. The van der Waals surface area contributed by atoms with Gasteiger partial charge >= 0.3 is 0 Å². The van der Waals surface area contributed by atoms with Gasteiger partial charge in [-0.15, -0.1) is 0 Å². The third-order valence-corrected chi connectivity index (χ3v) is 5.13. The summed E-state index contributed by atoms with van der Waals surface area (Å²) in [7, 11) is 3.32. The number of thioether (sulfide) groups is 1. The molecule has 1 aliphatic heterocycles. The van der Waals surface area contributed by atoms with Crippen LogP contribution in [0.4, 0.5) is 0 Å². The van der Waals surface area contributed by atoms with Crippen LogP contribution in [0.3, 0.4) is 0 Å². The van der Waals surface area contributed by atoms with Gasteiger partial charge in [0.2, 0.25) is 0 Å². The lowest BCUT2D eigenvalue weighted by Gasteiger charge is -2.44. The van der Waals surface area contributed by atoms with Crippen LogP contribution in [0.15, 0.2) is 18.2 Å². The molecule has 2 rings (SSSR count). The van der Waals surface area contributed by atoms with Gasteiger partial charge in [-0.05, 0) is 38.5 Å². The van der Waals surface area contributed by atoms with E-state index >= 15 is 0 Å². The molecule has 122 valence electrons. The van der Waals surface area contributed by atoms with Gasteiger partial charge in [-0.25, -0.2) is 0 Å². The van der Waals surface area contributed by atoms with Crippen LogP contribution < -0.4 is 9.47 Å². The highest BCUT2D eigenvalue weighted by atomic mass is 32.2. The number of methoxy groups -OCH3 is 2. The molecule has 0 bridgehead atoms. The van der Waals surface area contributed by atoms with Crippen molar-refractivity contribution in [3.05, 3.63) is 23.8 Å². The summed E-state index contributed by atoms with van der Waals surface area (Å²) in [4.78, 5) is 4.66. The van der Waals surface area contributed by atoms with Gasteiger partial charge in [0.15, 0.2) is 11.5 Å². The molecule has 0 atom stereocenters. The zero-order chi connectivity index (χ0) is 16.3. The van der Waals surface area contributed by atoms with Crippen LogP contribution in [0.5, 0.6) is 11.5 Å². The molecule has 0 aliphatic carbocycles. The normalized spacial score (nSPS) is 16.8. The molecule has 1 aliphatic rings. The maximum absolute atomic E-state index is 5.49. The number of benzene rings is 1. The third kappa shape index (κ3) is 4.06. The first-order valence-electron chi connectivity index (χ1n) is 7.23. The molecule has 1 heterocycles. The number of ether oxygens (including phenoxy) is 2. The highest BCUT2D eigenvalue weighted by Gasteiger charge is 2.30. The van der Waals surface area contributed by atoms with Gasteiger partial charge in [0, 0.05) is 12.1 Å². The summed E-state index contributed by atoms with van der Waals surface area (Å²) < 4.78 is 11.6. The van der Waals surface area contributed by atoms with Gasteiger partial charge in [-0.2, -0.15) is 0 Å². The third-order valence-electron chi connectivity index (χ3n) is 3.60. The standard InChI is InChI=1S/C16H24N2O2S2/c1-16(2,3)18-10-17(11-22-15(18)21)9-12-6-7-13(19-4)14(8-12)20-5/h6-8H,9-11H2,1-5H3. The molecule has 1 aromatic carbocycles.